The van der Waals surface area contributed by atoms with Gasteiger partial charge in [0.25, 0.3) is 0 Å². The van der Waals surface area contributed by atoms with Crippen molar-refractivity contribution in [3.8, 4) is 0 Å². The van der Waals surface area contributed by atoms with E-state index in [0.29, 0.717) is 0 Å². The van der Waals surface area contributed by atoms with Crippen molar-refractivity contribution in [2.75, 3.05) is 11.5 Å². The molecular formula is C16H24N2S. The van der Waals surface area contributed by atoms with E-state index in [0.717, 1.165) is 19.4 Å². The van der Waals surface area contributed by atoms with E-state index in [1.807, 2.05) is 11.8 Å². The molecule has 104 valence electrons. The predicted molar refractivity (Wildman–Crippen MR) is 86.9 cm³/mol. The van der Waals surface area contributed by atoms with Gasteiger partial charge >= 0.3 is 0 Å². The molecule has 2 rings (SSSR count). The summed E-state index contributed by atoms with van der Waals surface area (Å²) >= 11 is 1.99. The van der Waals surface area contributed by atoms with Crippen LogP contribution in [0.4, 0.5) is 0 Å². The lowest BCUT2D eigenvalue weighted by atomic mass is 10.0. The Morgan fingerprint density at radius 1 is 1.26 bits per heavy atom. The van der Waals surface area contributed by atoms with Gasteiger partial charge in [-0.15, -0.1) is 0 Å². The first-order valence-electron chi connectivity index (χ1n) is 7.15. The molecular weight excluding hydrogens is 252 g/mol. The van der Waals surface area contributed by atoms with Crippen LogP contribution in [-0.2, 0) is 13.0 Å². The van der Waals surface area contributed by atoms with E-state index in [1.54, 1.807) is 0 Å². The van der Waals surface area contributed by atoms with Crippen LogP contribution in [-0.4, -0.2) is 22.1 Å². The average Bonchev–Trinajstić information content (AvgIpc) is 2.82. The lowest BCUT2D eigenvalue weighted by Crippen LogP contribution is -2.21. The highest BCUT2D eigenvalue weighted by Crippen LogP contribution is 2.19. The van der Waals surface area contributed by atoms with Crippen molar-refractivity contribution in [1.29, 1.82) is 0 Å². The molecule has 0 aliphatic carbocycles. The number of thioether (sulfide) groups is 1. The monoisotopic (exact) mass is 276 g/mol. The van der Waals surface area contributed by atoms with Crippen LogP contribution in [0.2, 0.25) is 0 Å². The molecule has 1 aromatic carbocycles. The Morgan fingerprint density at radius 3 is 2.84 bits per heavy atom. The number of aryl methyl sites for hydroxylation is 1. The second kappa shape index (κ2) is 7.01. The summed E-state index contributed by atoms with van der Waals surface area (Å²) in [6, 6.07) is 9.22. The lowest BCUT2D eigenvalue weighted by molar-refractivity contribution is 0.646. The van der Waals surface area contributed by atoms with Crippen molar-refractivity contribution < 1.29 is 0 Å². The first-order chi connectivity index (χ1) is 9.24. The number of nitrogens with zero attached hydrogens (tertiary/aromatic N) is 1. The number of aromatic nitrogens is 1. The largest absolute Gasteiger partial charge is 0.347 e. The highest BCUT2D eigenvalue weighted by molar-refractivity contribution is 7.99. The Hall–Kier alpha value is -0.930. The summed E-state index contributed by atoms with van der Waals surface area (Å²) in [7, 11) is 0. The van der Waals surface area contributed by atoms with E-state index in [9.17, 15) is 0 Å². The van der Waals surface area contributed by atoms with Gasteiger partial charge in [-0.3, -0.25) is 0 Å². The third kappa shape index (κ3) is 3.77. The Morgan fingerprint density at radius 2 is 2.11 bits per heavy atom. The van der Waals surface area contributed by atoms with Gasteiger partial charge in [0.1, 0.15) is 0 Å². The zero-order valence-corrected chi connectivity index (χ0v) is 12.7. The number of hydrogen-bond acceptors (Lipinski definition) is 2. The zero-order valence-electron chi connectivity index (χ0n) is 11.9. The molecule has 1 unspecified atom stereocenters. The molecule has 0 radical (unpaired) electrons. The third-order valence-corrected chi connectivity index (χ3v) is 4.42. The predicted octanol–water partition coefficient (Wildman–Crippen LogP) is 3.67. The highest BCUT2D eigenvalue weighted by atomic mass is 32.2. The number of nitrogens with two attached hydrogens (primary N) is 1. The molecule has 1 heterocycles. The molecule has 1 aromatic heterocycles. The number of benzene rings is 1. The van der Waals surface area contributed by atoms with Gasteiger partial charge < -0.3 is 10.3 Å². The molecule has 0 fully saturated rings. The minimum Gasteiger partial charge on any atom is -0.347 e. The van der Waals surface area contributed by atoms with E-state index >= 15 is 0 Å². The molecule has 3 heteroatoms. The molecule has 2 nitrogen and oxygen atoms in total. The summed E-state index contributed by atoms with van der Waals surface area (Å²) in [5.74, 6) is 2.37. The maximum absolute atomic E-state index is 6.05. The maximum atomic E-state index is 6.05. The molecule has 0 spiro atoms. The standard InChI is InChI=1S/C16H24N2S/c1-3-15(17)11-13-5-6-14-7-8-18(16(14)12-13)9-10-19-4-2/h5-8,12,15H,3-4,9-11,17H2,1-2H3. The lowest BCUT2D eigenvalue weighted by Gasteiger charge is -2.10. The van der Waals surface area contributed by atoms with Crippen molar-refractivity contribution >= 4 is 22.7 Å². The van der Waals surface area contributed by atoms with Crippen LogP contribution in [0.3, 0.4) is 0 Å². The van der Waals surface area contributed by atoms with Crippen LogP contribution in [0.1, 0.15) is 25.8 Å². The number of rotatable bonds is 7. The summed E-state index contributed by atoms with van der Waals surface area (Å²) in [4.78, 5) is 0. The molecule has 0 bridgehead atoms. The Labute approximate surface area is 120 Å². The van der Waals surface area contributed by atoms with Gasteiger partial charge in [0.2, 0.25) is 0 Å². The quantitative estimate of drug-likeness (QED) is 0.782. The van der Waals surface area contributed by atoms with Gasteiger partial charge in [0, 0.05) is 30.1 Å². The van der Waals surface area contributed by atoms with Gasteiger partial charge in [-0.25, -0.2) is 0 Å². The van der Waals surface area contributed by atoms with E-state index in [1.165, 1.54) is 28.0 Å². The Balaban J connectivity index is 2.17. The van der Waals surface area contributed by atoms with Crippen LogP contribution >= 0.6 is 11.8 Å². The minimum atomic E-state index is 0.275. The van der Waals surface area contributed by atoms with Crippen molar-refractivity contribution in [1.82, 2.24) is 4.57 Å². The highest BCUT2D eigenvalue weighted by Gasteiger charge is 2.05. The summed E-state index contributed by atoms with van der Waals surface area (Å²) < 4.78 is 2.36. The molecule has 19 heavy (non-hydrogen) atoms. The fourth-order valence-corrected chi connectivity index (χ4v) is 2.92. The molecule has 0 aliphatic heterocycles. The molecule has 2 N–H and O–H groups in total. The Bertz CT molecular complexity index is 518. The first kappa shape index (κ1) is 14.5. The third-order valence-electron chi connectivity index (χ3n) is 3.54. The van der Waals surface area contributed by atoms with E-state index in [2.05, 4.69) is 48.9 Å². The van der Waals surface area contributed by atoms with Crippen LogP contribution < -0.4 is 5.73 Å². The topological polar surface area (TPSA) is 30.9 Å². The number of fused-ring (bicyclic) bond motifs is 1. The van der Waals surface area contributed by atoms with E-state index < -0.39 is 0 Å². The van der Waals surface area contributed by atoms with Gasteiger partial charge in [-0.2, -0.15) is 11.8 Å². The van der Waals surface area contributed by atoms with Crippen LogP contribution in [0.5, 0.6) is 0 Å². The molecule has 0 saturated carbocycles. The van der Waals surface area contributed by atoms with Crippen molar-refractivity contribution in [3.05, 3.63) is 36.0 Å². The fourth-order valence-electron chi connectivity index (χ4n) is 2.31. The fraction of sp³-hybridized carbons (Fsp3) is 0.500. The zero-order chi connectivity index (χ0) is 13.7. The van der Waals surface area contributed by atoms with Gasteiger partial charge in [0.15, 0.2) is 0 Å². The van der Waals surface area contributed by atoms with Gasteiger partial charge in [-0.05, 0) is 41.7 Å². The Kier molecular flexibility index (Phi) is 5.34. The van der Waals surface area contributed by atoms with Crippen molar-refractivity contribution in [2.45, 2.75) is 39.3 Å². The second-order valence-corrected chi connectivity index (χ2v) is 6.37. The normalized spacial score (nSPS) is 13.0. The van der Waals surface area contributed by atoms with E-state index in [4.69, 9.17) is 5.73 Å². The average molecular weight is 276 g/mol. The van der Waals surface area contributed by atoms with Gasteiger partial charge in [0.05, 0.1) is 0 Å². The summed E-state index contributed by atoms with van der Waals surface area (Å²) in [5.41, 5.74) is 8.75. The molecule has 0 aliphatic rings. The first-order valence-corrected chi connectivity index (χ1v) is 8.31. The molecule has 0 saturated heterocycles. The summed E-state index contributed by atoms with van der Waals surface area (Å²) in [6.45, 7) is 5.45. The van der Waals surface area contributed by atoms with Crippen molar-refractivity contribution in [3.63, 3.8) is 0 Å². The molecule has 2 aromatic rings. The smallest absolute Gasteiger partial charge is 0.0483 e. The van der Waals surface area contributed by atoms with Crippen molar-refractivity contribution in [2.24, 2.45) is 5.73 Å². The van der Waals surface area contributed by atoms with Crippen LogP contribution in [0, 0.1) is 0 Å². The minimum absolute atomic E-state index is 0.275. The number of hydrogen-bond donors (Lipinski definition) is 1. The summed E-state index contributed by atoms with van der Waals surface area (Å²) in [5, 5.41) is 1.33. The second-order valence-electron chi connectivity index (χ2n) is 4.97. The van der Waals surface area contributed by atoms with Gasteiger partial charge in [-0.1, -0.05) is 26.0 Å². The van der Waals surface area contributed by atoms with Crippen LogP contribution in [0.25, 0.3) is 10.9 Å². The van der Waals surface area contributed by atoms with Crippen LogP contribution in [0.15, 0.2) is 30.5 Å². The van der Waals surface area contributed by atoms with E-state index in [-0.39, 0.29) is 6.04 Å². The maximum Gasteiger partial charge on any atom is 0.0483 e. The SMILES string of the molecule is CCSCCn1ccc2ccc(CC(N)CC)cc21. The summed E-state index contributed by atoms with van der Waals surface area (Å²) in [6.07, 6.45) is 4.21. The molecule has 0 amide bonds. The molecule has 1 atom stereocenters.